The Kier molecular flexibility index (Phi) is 4.76. The second-order valence-corrected chi connectivity index (χ2v) is 7.43. The molecule has 0 saturated heterocycles. The van der Waals surface area contributed by atoms with Gasteiger partial charge in [0.05, 0.1) is 12.1 Å². The van der Waals surface area contributed by atoms with E-state index in [-0.39, 0.29) is 23.8 Å². The molecule has 0 spiro atoms. The highest BCUT2D eigenvalue weighted by atomic mass is 19.1. The summed E-state index contributed by atoms with van der Waals surface area (Å²) in [5, 5.41) is 8.37. The van der Waals surface area contributed by atoms with E-state index in [9.17, 15) is 18.0 Å². The SMILES string of the molecule is Cn1nc(-c2nc(-c3cccc(F)c3)no2)c2c1CCN(C(=O)c1cc(F)ccc1F)C2. The van der Waals surface area contributed by atoms with E-state index in [0.717, 1.165) is 23.9 Å². The third-order valence-corrected chi connectivity index (χ3v) is 5.40. The van der Waals surface area contributed by atoms with E-state index < -0.39 is 23.4 Å². The van der Waals surface area contributed by atoms with E-state index in [1.807, 2.05) is 0 Å². The number of carbonyl (C=O) groups excluding carboxylic acids is 1. The predicted octanol–water partition coefficient (Wildman–Crippen LogP) is 3.75. The molecule has 32 heavy (non-hydrogen) atoms. The molecule has 1 aliphatic rings. The molecule has 2 aromatic carbocycles. The normalized spacial score (nSPS) is 13.3. The van der Waals surface area contributed by atoms with Gasteiger partial charge in [0.1, 0.15) is 17.5 Å². The summed E-state index contributed by atoms with van der Waals surface area (Å²) in [7, 11) is 1.76. The molecule has 0 bridgehead atoms. The van der Waals surface area contributed by atoms with Gasteiger partial charge in [0.2, 0.25) is 5.82 Å². The fourth-order valence-electron chi connectivity index (χ4n) is 3.83. The molecule has 2 aromatic heterocycles. The Hall–Kier alpha value is -3.95. The first-order valence-electron chi connectivity index (χ1n) is 9.80. The summed E-state index contributed by atoms with van der Waals surface area (Å²) in [5.41, 5.74) is 2.05. The Morgan fingerprint density at radius 3 is 2.72 bits per heavy atom. The topological polar surface area (TPSA) is 77.1 Å². The zero-order valence-corrected chi connectivity index (χ0v) is 16.8. The number of hydrogen-bond donors (Lipinski definition) is 0. The molecule has 0 atom stereocenters. The second-order valence-electron chi connectivity index (χ2n) is 7.43. The lowest BCUT2D eigenvalue weighted by Crippen LogP contribution is -2.36. The van der Waals surface area contributed by atoms with Crippen molar-refractivity contribution in [3.05, 3.63) is 76.7 Å². The van der Waals surface area contributed by atoms with Crippen molar-refractivity contribution in [2.45, 2.75) is 13.0 Å². The van der Waals surface area contributed by atoms with Crippen LogP contribution in [0.25, 0.3) is 23.0 Å². The summed E-state index contributed by atoms with van der Waals surface area (Å²) in [5.74, 6) is -2.21. The maximum Gasteiger partial charge on any atom is 0.279 e. The summed E-state index contributed by atoms with van der Waals surface area (Å²) in [4.78, 5) is 18.6. The van der Waals surface area contributed by atoms with E-state index in [1.54, 1.807) is 23.9 Å². The van der Waals surface area contributed by atoms with Crippen LogP contribution in [0.1, 0.15) is 21.6 Å². The van der Waals surface area contributed by atoms with Crippen molar-refractivity contribution in [3.63, 3.8) is 0 Å². The molecule has 0 N–H and O–H groups in total. The molecule has 10 heteroatoms. The van der Waals surface area contributed by atoms with Gasteiger partial charge in [-0.1, -0.05) is 17.3 Å². The number of aromatic nitrogens is 4. The molecule has 162 valence electrons. The fourth-order valence-corrected chi connectivity index (χ4v) is 3.83. The molecule has 7 nitrogen and oxygen atoms in total. The van der Waals surface area contributed by atoms with Crippen LogP contribution in [0.3, 0.4) is 0 Å². The predicted molar refractivity (Wildman–Crippen MR) is 107 cm³/mol. The number of nitrogens with zero attached hydrogens (tertiary/aromatic N) is 5. The van der Waals surface area contributed by atoms with Crippen LogP contribution in [0.5, 0.6) is 0 Å². The summed E-state index contributed by atoms with van der Waals surface area (Å²) in [6, 6.07) is 8.58. The Bertz CT molecular complexity index is 1350. The highest BCUT2D eigenvalue weighted by molar-refractivity contribution is 5.94. The lowest BCUT2D eigenvalue weighted by Gasteiger charge is -2.27. The van der Waals surface area contributed by atoms with Gasteiger partial charge in [-0.05, 0) is 30.3 Å². The van der Waals surface area contributed by atoms with Crippen molar-refractivity contribution < 1.29 is 22.5 Å². The van der Waals surface area contributed by atoms with Crippen molar-refractivity contribution in [1.82, 2.24) is 24.8 Å². The van der Waals surface area contributed by atoms with Crippen molar-refractivity contribution in [2.75, 3.05) is 6.54 Å². The minimum atomic E-state index is -0.787. The lowest BCUT2D eigenvalue weighted by atomic mass is 10.0. The monoisotopic (exact) mass is 439 g/mol. The number of rotatable bonds is 3. The van der Waals surface area contributed by atoms with Gasteiger partial charge in [-0.15, -0.1) is 0 Å². The molecule has 5 rings (SSSR count). The van der Waals surface area contributed by atoms with E-state index in [1.165, 1.54) is 17.0 Å². The number of benzene rings is 2. The summed E-state index contributed by atoms with van der Waals surface area (Å²) >= 11 is 0. The summed E-state index contributed by atoms with van der Waals surface area (Å²) in [6.07, 6.45) is 0.465. The molecule has 1 aliphatic heterocycles. The molecule has 0 radical (unpaired) electrons. The van der Waals surface area contributed by atoms with Crippen LogP contribution in [-0.4, -0.2) is 37.3 Å². The molecule has 4 aromatic rings. The van der Waals surface area contributed by atoms with Gasteiger partial charge in [-0.2, -0.15) is 10.1 Å². The van der Waals surface area contributed by atoms with Gasteiger partial charge >= 0.3 is 0 Å². The Labute approximate surface area is 180 Å². The number of fused-ring (bicyclic) bond motifs is 1. The van der Waals surface area contributed by atoms with Gasteiger partial charge in [0.15, 0.2) is 5.69 Å². The van der Waals surface area contributed by atoms with Gasteiger partial charge in [0, 0.05) is 36.8 Å². The van der Waals surface area contributed by atoms with Crippen LogP contribution in [-0.2, 0) is 20.0 Å². The molecule has 0 saturated carbocycles. The van der Waals surface area contributed by atoms with Gasteiger partial charge in [-0.3, -0.25) is 9.48 Å². The zero-order valence-electron chi connectivity index (χ0n) is 16.8. The minimum absolute atomic E-state index is 0.116. The van der Waals surface area contributed by atoms with Crippen molar-refractivity contribution in [1.29, 1.82) is 0 Å². The number of hydrogen-bond acceptors (Lipinski definition) is 5. The molecular weight excluding hydrogens is 423 g/mol. The number of halogens is 3. The molecular formula is C22H16F3N5O2. The Balaban J connectivity index is 1.48. The number of aryl methyl sites for hydroxylation is 1. The number of carbonyl (C=O) groups is 1. The molecule has 0 fully saturated rings. The summed E-state index contributed by atoms with van der Waals surface area (Å²) in [6.45, 7) is 0.435. The smallest absolute Gasteiger partial charge is 0.279 e. The Morgan fingerprint density at radius 2 is 1.91 bits per heavy atom. The first kappa shape index (κ1) is 20.0. The summed E-state index contributed by atoms with van der Waals surface area (Å²) < 4.78 is 48.3. The van der Waals surface area contributed by atoms with Crippen LogP contribution in [0.15, 0.2) is 47.0 Å². The molecule has 0 aliphatic carbocycles. The van der Waals surface area contributed by atoms with Crippen LogP contribution in [0, 0.1) is 17.5 Å². The fraction of sp³-hybridized carbons (Fsp3) is 0.182. The van der Waals surface area contributed by atoms with Crippen LogP contribution in [0.2, 0.25) is 0 Å². The highest BCUT2D eigenvalue weighted by Crippen LogP contribution is 2.31. The maximum atomic E-state index is 14.1. The Morgan fingerprint density at radius 1 is 1.09 bits per heavy atom. The van der Waals surface area contributed by atoms with Gasteiger partial charge in [0.25, 0.3) is 11.8 Å². The third-order valence-electron chi connectivity index (χ3n) is 5.40. The van der Waals surface area contributed by atoms with Gasteiger partial charge < -0.3 is 9.42 Å². The van der Waals surface area contributed by atoms with Gasteiger partial charge in [-0.25, -0.2) is 13.2 Å². The van der Waals surface area contributed by atoms with Crippen molar-refractivity contribution in [3.8, 4) is 23.0 Å². The van der Waals surface area contributed by atoms with Crippen LogP contribution in [0.4, 0.5) is 13.2 Å². The van der Waals surface area contributed by atoms with Crippen LogP contribution >= 0.6 is 0 Å². The number of amides is 1. The van der Waals surface area contributed by atoms with Crippen molar-refractivity contribution >= 4 is 5.91 Å². The second kappa shape index (κ2) is 7.63. The highest BCUT2D eigenvalue weighted by Gasteiger charge is 2.31. The van der Waals surface area contributed by atoms with E-state index >= 15 is 0 Å². The lowest BCUT2D eigenvalue weighted by molar-refractivity contribution is 0.0728. The minimum Gasteiger partial charge on any atom is -0.334 e. The van der Waals surface area contributed by atoms with E-state index in [4.69, 9.17) is 4.52 Å². The first-order valence-corrected chi connectivity index (χ1v) is 9.80. The maximum absolute atomic E-state index is 14.1. The molecule has 0 unspecified atom stereocenters. The van der Waals surface area contributed by atoms with E-state index in [2.05, 4.69) is 15.2 Å². The zero-order chi connectivity index (χ0) is 22.4. The quantitative estimate of drug-likeness (QED) is 0.486. The third kappa shape index (κ3) is 3.43. The average molecular weight is 439 g/mol. The molecule has 3 heterocycles. The first-order chi connectivity index (χ1) is 15.4. The van der Waals surface area contributed by atoms with Crippen LogP contribution < -0.4 is 0 Å². The standard InChI is InChI=1S/C22H16F3N5O2/c1-29-18-7-8-30(22(31)15-10-14(24)5-6-17(15)25)11-16(18)19(27-29)21-26-20(28-32-21)12-3-2-4-13(23)9-12/h2-6,9-10H,7-8,11H2,1H3. The average Bonchev–Trinajstić information content (AvgIpc) is 3.40. The molecule has 1 amide bonds. The van der Waals surface area contributed by atoms with E-state index in [0.29, 0.717) is 29.8 Å². The van der Waals surface area contributed by atoms with Crippen molar-refractivity contribution in [2.24, 2.45) is 7.05 Å². The largest absolute Gasteiger partial charge is 0.334 e.